The van der Waals surface area contributed by atoms with Crippen LogP contribution in [0.4, 0.5) is 0 Å². The molecule has 0 saturated carbocycles. The van der Waals surface area contributed by atoms with Crippen LogP contribution < -0.4 is 10.6 Å². The van der Waals surface area contributed by atoms with Crippen molar-refractivity contribution in [2.45, 2.75) is 19.8 Å². The number of rotatable bonds is 7. The molecule has 26 heavy (non-hydrogen) atoms. The Morgan fingerprint density at radius 2 is 2.23 bits per heavy atom. The van der Waals surface area contributed by atoms with Crippen molar-refractivity contribution in [3.8, 4) is 0 Å². The van der Waals surface area contributed by atoms with Gasteiger partial charge in [0.1, 0.15) is 0 Å². The molecule has 0 bridgehead atoms. The van der Waals surface area contributed by atoms with Gasteiger partial charge in [-0.2, -0.15) is 0 Å². The third kappa shape index (κ3) is 6.75. The monoisotopic (exact) mass is 474 g/mol. The van der Waals surface area contributed by atoms with Crippen LogP contribution in [0, 0.1) is 5.92 Å². The van der Waals surface area contributed by atoms with Gasteiger partial charge in [-0.25, -0.2) is 0 Å². The van der Waals surface area contributed by atoms with Gasteiger partial charge in [-0.1, -0.05) is 12.1 Å². The van der Waals surface area contributed by atoms with Crippen LogP contribution >= 0.6 is 24.0 Å². The number of carbonyl (C=O) groups is 1. The SMILES string of the molecule is CCOCC1CCN(C(=NC)NCCc2cccc(C(=O)NC)c2)C1.I. The Bertz CT molecular complexity index is 595. The number of aliphatic imine (C=N–C) groups is 1. The summed E-state index contributed by atoms with van der Waals surface area (Å²) < 4.78 is 5.54. The largest absolute Gasteiger partial charge is 0.381 e. The average molecular weight is 474 g/mol. The zero-order chi connectivity index (χ0) is 18.1. The number of carbonyl (C=O) groups excluding carboxylic acids is 1. The molecule has 1 fully saturated rings. The highest BCUT2D eigenvalue weighted by molar-refractivity contribution is 14.0. The molecule has 1 amide bonds. The standard InChI is InChI=1S/C19H30N4O2.HI/c1-4-25-14-16-9-11-23(13-16)19(21-3)22-10-8-15-6-5-7-17(12-15)18(24)20-2;/h5-7,12,16H,4,8-11,13-14H2,1-3H3,(H,20,24)(H,21,22);1H. The number of benzene rings is 1. The van der Waals surface area contributed by atoms with E-state index in [4.69, 9.17) is 4.74 Å². The molecular formula is C19H31IN4O2. The maximum Gasteiger partial charge on any atom is 0.251 e. The van der Waals surface area contributed by atoms with E-state index in [-0.39, 0.29) is 29.9 Å². The fourth-order valence-corrected chi connectivity index (χ4v) is 3.11. The lowest BCUT2D eigenvalue weighted by Gasteiger charge is -2.21. The molecule has 1 aromatic carbocycles. The molecule has 1 aliphatic heterocycles. The topological polar surface area (TPSA) is 66.0 Å². The first kappa shape index (κ1) is 22.7. The Kier molecular flexibility index (Phi) is 10.6. The summed E-state index contributed by atoms with van der Waals surface area (Å²) in [5.74, 6) is 1.48. The zero-order valence-electron chi connectivity index (χ0n) is 16.0. The molecule has 2 rings (SSSR count). The molecule has 2 N–H and O–H groups in total. The smallest absolute Gasteiger partial charge is 0.251 e. The lowest BCUT2D eigenvalue weighted by molar-refractivity contribution is 0.0963. The van der Waals surface area contributed by atoms with Gasteiger partial charge < -0.3 is 20.3 Å². The summed E-state index contributed by atoms with van der Waals surface area (Å²) in [4.78, 5) is 18.4. The van der Waals surface area contributed by atoms with Crippen LogP contribution in [0.5, 0.6) is 0 Å². The van der Waals surface area contributed by atoms with Crippen LogP contribution in [0.2, 0.25) is 0 Å². The van der Waals surface area contributed by atoms with E-state index >= 15 is 0 Å². The highest BCUT2D eigenvalue weighted by atomic mass is 127. The summed E-state index contributed by atoms with van der Waals surface area (Å²) >= 11 is 0. The summed E-state index contributed by atoms with van der Waals surface area (Å²) in [6, 6.07) is 7.74. The van der Waals surface area contributed by atoms with Crippen molar-refractivity contribution in [2.24, 2.45) is 10.9 Å². The van der Waals surface area contributed by atoms with Crippen LogP contribution in [-0.4, -0.2) is 63.7 Å². The van der Waals surface area contributed by atoms with Crippen molar-refractivity contribution < 1.29 is 9.53 Å². The zero-order valence-corrected chi connectivity index (χ0v) is 18.3. The lowest BCUT2D eigenvalue weighted by atomic mass is 10.1. The molecule has 1 saturated heterocycles. The molecule has 7 heteroatoms. The van der Waals surface area contributed by atoms with Crippen LogP contribution in [0.3, 0.4) is 0 Å². The molecule has 1 atom stereocenters. The summed E-state index contributed by atoms with van der Waals surface area (Å²) in [6.45, 7) is 6.44. The first-order valence-electron chi connectivity index (χ1n) is 9.02. The van der Waals surface area contributed by atoms with Crippen molar-refractivity contribution in [3.63, 3.8) is 0 Å². The number of hydrogen-bond acceptors (Lipinski definition) is 3. The Morgan fingerprint density at radius 1 is 1.42 bits per heavy atom. The van der Waals surface area contributed by atoms with E-state index in [1.54, 1.807) is 7.05 Å². The summed E-state index contributed by atoms with van der Waals surface area (Å²) in [7, 11) is 3.47. The molecule has 1 unspecified atom stereocenters. The minimum Gasteiger partial charge on any atom is -0.381 e. The maximum absolute atomic E-state index is 11.7. The summed E-state index contributed by atoms with van der Waals surface area (Å²) in [5, 5.41) is 6.09. The van der Waals surface area contributed by atoms with E-state index in [1.165, 1.54) is 0 Å². The second kappa shape index (κ2) is 12.1. The number of likely N-dealkylation sites (tertiary alicyclic amines) is 1. The highest BCUT2D eigenvalue weighted by Gasteiger charge is 2.24. The second-order valence-corrected chi connectivity index (χ2v) is 6.26. The van der Waals surface area contributed by atoms with Gasteiger partial charge in [0.15, 0.2) is 5.96 Å². The van der Waals surface area contributed by atoms with Gasteiger partial charge >= 0.3 is 0 Å². The van der Waals surface area contributed by atoms with Crippen LogP contribution in [0.1, 0.15) is 29.3 Å². The summed E-state index contributed by atoms with van der Waals surface area (Å²) in [6.07, 6.45) is 1.99. The van der Waals surface area contributed by atoms with Gasteiger partial charge in [-0.05, 0) is 37.5 Å². The number of amides is 1. The molecule has 1 aliphatic rings. The average Bonchev–Trinajstić information content (AvgIpc) is 3.11. The maximum atomic E-state index is 11.7. The van der Waals surface area contributed by atoms with E-state index < -0.39 is 0 Å². The van der Waals surface area contributed by atoms with Gasteiger partial charge in [0.05, 0.1) is 6.61 Å². The molecule has 1 aromatic rings. The number of halogens is 1. The number of guanidine groups is 1. The number of nitrogens with one attached hydrogen (secondary N) is 2. The molecular weight excluding hydrogens is 443 g/mol. The molecule has 146 valence electrons. The quantitative estimate of drug-likeness (QED) is 0.361. The van der Waals surface area contributed by atoms with Crippen LogP contribution in [0.25, 0.3) is 0 Å². The number of nitrogens with zero attached hydrogens (tertiary/aromatic N) is 2. The molecule has 0 spiro atoms. The van der Waals surface area contributed by atoms with E-state index in [0.717, 1.165) is 57.2 Å². The summed E-state index contributed by atoms with van der Waals surface area (Å²) in [5.41, 5.74) is 1.84. The first-order chi connectivity index (χ1) is 12.2. The third-order valence-corrected chi connectivity index (χ3v) is 4.47. The highest BCUT2D eigenvalue weighted by Crippen LogP contribution is 2.16. The van der Waals surface area contributed by atoms with Gasteiger partial charge in [-0.3, -0.25) is 9.79 Å². The van der Waals surface area contributed by atoms with E-state index in [0.29, 0.717) is 11.5 Å². The predicted molar refractivity (Wildman–Crippen MR) is 116 cm³/mol. The molecule has 6 nitrogen and oxygen atoms in total. The lowest BCUT2D eigenvalue weighted by Crippen LogP contribution is -2.41. The van der Waals surface area contributed by atoms with E-state index in [1.807, 2.05) is 38.2 Å². The Morgan fingerprint density at radius 3 is 2.92 bits per heavy atom. The van der Waals surface area contributed by atoms with Crippen molar-refractivity contribution in [1.29, 1.82) is 0 Å². The van der Waals surface area contributed by atoms with Gasteiger partial charge in [0.25, 0.3) is 5.91 Å². The number of hydrogen-bond donors (Lipinski definition) is 2. The van der Waals surface area contributed by atoms with Gasteiger partial charge in [-0.15, -0.1) is 24.0 Å². The van der Waals surface area contributed by atoms with Crippen LogP contribution in [0.15, 0.2) is 29.3 Å². The van der Waals surface area contributed by atoms with E-state index in [2.05, 4.69) is 20.5 Å². The molecule has 0 radical (unpaired) electrons. The van der Waals surface area contributed by atoms with Crippen molar-refractivity contribution in [2.75, 3.05) is 46.9 Å². The molecule has 0 aliphatic carbocycles. The Labute approximate surface area is 173 Å². The van der Waals surface area contributed by atoms with Gasteiger partial charge in [0, 0.05) is 51.8 Å². The van der Waals surface area contributed by atoms with Gasteiger partial charge in [0.2, 0.25) is 0 Å². The second-order valence-electron chi connectivity index (χ2n) is 6.26. The molecule has 1 heterocycles. The Balaban J connectivity index is 0.00000338. The fraction of sp³-hybridized carbons (Fsp3) is 0.579. The third-order valence-electron chi connectivity index (χ3n) is 4.47. The van der Waals surface area contributed by atoms with E-state index in [9.17, 15) is 4.79 Å². The number of ether oxygens (including phenoxy) is 1. The van der Waals surface area contributed by atoms with Crippen LogP contribution in [-0.2, 0) is 11.2 Å². The van der Waals surface area contributed by atoms with Crippen molar-refractivity contribution in [3.05, 3.63) is 35.4 Å². The minimum atomic E-state index is -0.0528. The minimum absolute atomic E-state index is 0. The molecule has 0 aromatic heterocycles. The first-order valence-corrected chi connectivity index (χ1v) is 9.02. The Hall–Kier alpha value is -1.35. The van der Waals surface area contributed by atoms with Crippen molar-refractivity contribution >= 4 is 35.8 Å². The predicted octanol–water partition coefficient (Wildman–Crippen LogP) is 2.14. The normalized spacial score (nSPS) is 17.0. The fourth-order valence-electron chi connectivity index (χ4n) is 3.11. The van der Waals surface area contributed by atoms with Crippen molar-refractivity contribution in [1.82, 2.24) is 15.5 Å².